The van der Waals surface area contributed by atoms with E-state index in [0.29, 0.717) is 16.9 Å². The van der Waals surface area contributed by atoms with Gasteiger partial charge >= 0.3 is 0 Å². The van der Waals surface area contributed by atoms with Crippen molar-refractivity contribution in [2.75, 3.05) is 5.32 Å². The summed E-state index contributed by atoms with van der Waals surface area (Å²) in [6.07, 6.45) is 0. The molecule has 1 aromatic heterocycles. The molecule has 0 saturated carbocycles. The fourth-order valence-electron chi connectivity index (χ4n) is 4.58. The molecule has 3 aromatic carbocycles. The number of carbonyl (C=O) groups excluding carboxylic acids is 2. The molecule has 4 aromatic rings. The topological polar surface area (TPSA) is 99.8 Å². The van der Waals surface area contributed by atoms with Crippen LogP contribution in [-0.2, 0) is 4.79 Å². The third kappa shape index (κ3) is 4.06. The molecule has 1 aliphatic rings. The van der Waals surface area contributed by atoms with Gasteiger partial charge in [-0.25, -0.2) is 4.68 Å². The van der Waals surface area contributed by atoms with Gasteiger partial charge in [-0.05, 0) is 55.8 Å². The maximum absolute atomic E-state index is 13.5. The Bertz CT molecular complexity index is 1470. The molecule has 35 heavy (non-hydrogen) atoms. The molecule has 2 amide bonds. The quantitative estimate of drug-likeness (QED) is 0.475. The maximum Gasteiger partial charge on any atom is 0.251 e. The smallest absolute Gasteiger partial charge is 0.251 e. The molecule has 0 fully saturated rings. The highest BCUT2D eigenvalue weighted by Gasteiger charge is 2.41. The third-order valence-electron chi connectivity index (χ3n) is 6.24. The van der Waals surface area contributed by atoms with Crippen LogP contribution in [0.15, 0.2) is 78.9 Å². The first-order valence-electron chi connectivity index (χ1n) is 11.3. The summed E-state index contributed by atoms with van der Waals surface area (Å²) in [6.45, 7) is 3.81. The molecule has 5 rings (SSSR count). The monoisotopic (exact) mass is 461 g/mol. The van der Waals surface area contributed by atoms with E-state index in [1.807, 2.05) is 68.4 Å². The van der Waals surface area contributed by atoms with E-state index < -0.39 is 12.0 Å². The normalized spacial score (nSPS) is 16.7. The van der Waals surface area contributed by atoms with Crippen molar-refractivity contribution in [2.45, 2.75) is 25.8 Å². The molecule has 172 valence electrons. The van der Waals surface area contributed by atoms with Gasteiger partial charge in [0.05, 0.1) is 23.0 Å². The molecule has 0 saturated heterocycles. The minimum absolute atomic E-state index is 0.329. The lowest BCUT2D eigenvalue weighted by atomic mass is 9.81. The van der Waals surface area contributed by atoms with Crippen molar-refractivity contribution in [3.8, 4) is 11.8 Å². The summed E-state index contributed by atoms with van der Waals surface area (Å²) in [6, 6.07) is 25.2. The molecular weight excluding hydrogens is 438 g/mol. The number of fused-ring (bicyclic) bond motifs is 1. The highest BCUT2D eigenvalue weighted by molar-refractivity contribution is 6.04. The van der Waals surface area contributed by atoms with E-state index in [0.717, 1.165) is 28.1 Å². The van der Waals surface area contributed by atoms with E-state index in [1.165, 1.54) is 0 Å². The first kappa shape index (κ1) is 22.1. The predicted molar refractivity (Wildman–Crippen MR) is 132 cm³/mol. The zero-order valence-corrected chi connectivity index (χ0v) is 19.3. The highest BCUT2D eigenvalue weighted by Crippen LogP contribution is 2.40. The molecule has 2 N–H and O–H groups in total. The van der Waals surface area contributed by atoms with Crippen molar-refractivity contribution in [1.82, 2.24) is 15.1 Å². The Kier molecular flexibility index (Phi) is 5.63. The first-order valence-corrected chi connectivity index (χ1v) is 11.3. The van der Waals surface area contributed by atoms with Crippen molar-refractivity contribution in [2.24, 2.45) is 0 Å². The van der Waals surface area contributed by atoms with Crippen LogP contribution in [0.2, 0.25) is 0 Å². The van der Waals surface area contributed by atoms with Gasteiger partial charge in [-0.1, -0.05) is 48.0 Å². The average molecular weight is 462 g/mol. The summed E-state index contributed by atoms with van der Waals surface area (Å²) in [4.78, 5) is 26.6. The van der Waals surface area contributed by atoms with Gasteiger partial charge in [0.15, 0.2) is 0 Å². The predicted octanol–water partition coefficient (Wildman–Crippen LogP) is 4.24. The number of amides is 2. The number of nitriles is 1. The number of hydrogen-bond donors (Lipinski definition) is 2. The van der Waals surface area contributed by atoms with E-state index in [2.05, 4.69) is 16.7 Å². The highest BCUT2D eigenvalue weighted by atomic mass is 16.2. The molecule has 0 radical (unpaired) electrons. The van der Waals surface area contributed by atoms with Gasteiger partial charge in [-0.15, -0.1) is 0 Å². The number of nitrogens with zero attached hydrogens (tertiary/aromatic N) is 3. The van der Waals surface area contributed by atoms with Crippen LogP contribution in [0, 0.1) is 25.2 Å². The van der Waals surface area contributed by atoms with Gasteiger partial charge in [-0.2, -0.15) is 10.4 Å². The minimum atomic E-state index is -0.865. The summed E-state index contributed by atoms with van der Waals surface area (Å²) in [7, 11) is 0. The van der Waals surface area contributed by atoms with Crippen molar-refractivity contribution in [3.63, 3.8) is 0 Å². The average Bonchev–Trinajstić information content (AvgIpc) is 3.20. The van der Waals surface area contributed by atoms with Crippen LogP contribution in [0.1, 0.15) is 44.2 Å². The number of hydrogen-bond acceptors (Lipinski definition) is 4. The van der Waals surface area contributed by atoms with Crippen LogP contribution in [0.3, 0.4) is 0 Å². The molecule has 0 bridgehead atoms. The number of aromatic nitrogens is 2. The molecule has 7 heteroatoms. The first-order chi connectivity index (χ1) is 17.0. The molecule has 7 nitrogen and oxygen atoms in total. The summed E-state index contributed by atoms with van der Waals surface area (Å²) >= 11 is 0. The van der Waals surface area contributed by atoms with Crippen molar-refractivity contribution in [1.29, 1.82) is 5.26 Å². The Balaban J connectivity index is 1.62. The third-order valence-corrected chi connectivity index (χ3v) is 6.24. The summed E-state index contributed by atoms with van der Waals surface area (Å²) in [5.74, 6) is -0.569. The second-order valence-electron chi connectivity index (χ2n) is 8.62. The lowest BCUT2D eigenvalue weighted by Crippen LogP contribution is -2.50. The van der Waals surface area contributed by atoms with E-state index >= 15 is 0 Å². The van der Waals surface area contributed by atoms with Crippen LogP contribution < -0.4 is 10.6 Å². The summed E-state index contributed by atoms with van der Waals surface area (Å²) in [5.41, 5.74) is 5.16. The molecule has 2 heterocycles. The number of carbonyl (C=O) groups is 2. The van der Waals surface area contributed by atoms with E-state index in [9.17, 15) is 14.9 Å². The fourth-order valence-corrected chi connectivity index (χ4v) is 4.58. The number of anilines is 1. The Morgan fingerprint density at radius 3 is 2.46 bits per heavy atom. The molecule has 2 unspecified atom stereocenters. The number of benzene rings is 3. The molecule has 2 atom stereocenters. The van der Waals surface area contributed by atoms with Crippen LogP contribution in [0.4, 0.5) is 5.82 Å². The molecule has 1 aliphatic heterocycles. The van der Waals surface area contributed by atoms with Crippen LogP contribution in [-0.4, -0.2) is 27.6 Å². The van der Waals surface area contributed by atoms with Crippen LogP contribution in [0.5, 0.6) is 0 Å². The van der Waals surface area contributed by atoms with Gasteiger partial charge in [0.25, 0.3) is 5.91 Å². The van der Waals surface area contributed by atoms with Gasteiger partial charge in [0.2, 0.25) is 5.91 Å². The number of nitrogens with one attached hydrogen (secondary N) is 2. The Labute approximate surface area is 203 Å². The molecule has 0 aliphatic carbocycles. The summed E-state index contributed by atoms with van der Waals surface area (Å²) in [5, 5.41) is 19.9. The number of para-hydroxylation sites is 1. The van der Waals surface area contributed by atoms with E-state index in [4.69, 9.17) is 5.10 Å². The maximum atomic E-state index is 13.5. The lowest BCUT2D eigenvalue weighted by molar-refractivity contribution is -0.118. The van der Waals surface area contributed by atoms with Crippen molar-refractivity contribution in [3.05, 3.63) is 112 Å². The van der Waals surface area contributed by atoms with Crippen LogP contribution >= 0.6 is 0 Å². The Morgan fingerprint density at radius 1 is 1.03 bits per heavy atom. The second-order valence-corrected chi connectivity index (χ2v) is 8.62. The second kappa shape index (κ2) is 8.92. The van der Waals surface area contributed by atoms with Gasteiger partial charge in [0, 0.05) is 17.0 Å². The van der Waals surface area contributed by atoms with Gasteiger partial charge in [-0.3, -0.25) is 9.59 Å². The fraction of sp³-hybridized carbons (Fsp3) is 0.143. The number of aryl methyl sites for hydroxylation is 2. The molecular formula is C28H23N5O2. The number of rotatable bonds is 4. The van der Waals surface area contributed by atoms with E-state index in [1.54, 1.807) is 28.9 Å². The van der Waals surface area contributed by atoms with Crippen molar-refractivity contribution >= 4 is 17.6 Å². The standard InChI is InChI=1S/C28H23N5O2/c1-17-7-6-8-21(15-17)27(34)30-25-24(20-13-11-19(16-29)12-14-20)23-18(2)32-33(26(23)31-28(25)35)22-9-4-3-5-10-22/h3-15,24-25H,1-2H3,(H,30,34)(H,31,35). The largest absolute Gasteiger partial charge is 0.339 e. The molecule has 0 spiro atoms. The minimum Gasteiger partial charge on any atom is -0.339 e. The SMILES string of the molecule is Cc1cccc(C(=O)NC2C(=O)Nc3c(c(C)nn3-c3ccccc3)C2c2ccc(C#N)cc2)c1. The zero-order valence-electron chi connectivity index (χ0n) is 19.3. The van der Waals surface area contributed by atoms with E-state index in [-0.39, 0.29) is 11.8 Å². The van der Waals surface area contributed by atoms with Crippen molar-refractivity contribution < 1.29 is 9.59 Å². The zero-order chi connectivity index (χ0) is 24.5. The Hall–Kier alpha value is -4.70. The summed E-state index contributed by atoms with van der Waals surface area (Å²) < 4.78 is 1.72. The lowest BCUT2D eigenvalue weighted by Gasteiger charge is -2.33. The van der Waals surface area contributed by atoms with Gasteiger partial charge in [0.1, 0.15) is 11.9 Å². The Morgan fingerprint density at radius 2 is 1.77 bits per heavy atom. The van der Waals surface area contributed by atoms with Gasteiger partial charge < -0.3 is 10.6 Å². The van der Waals surface area contributed by atoms with Crippen LogP contribution in [0.25, 0.3) is 5.69 Å².